The maximum atomic E-state index is 11.0. The van der Waals surface area contributed by atoms with E-state index < -0.39 is 48.6 Å². The minimum absolute atomic E-state index is 0.132. The van der Waals surface area contributed by atoms with E-state index in [1.165, 1.54) is 6.92 Å². The molecule has 9 nitrogen and oxygen atoms in total. The lowest BCUT2D eigenvalue weighted by molar-refractivity contribution is -0.299. The van der Waals surface area contributed by atoms with E-state index in [9.17, 15) is 24.9 Å². The number of carbonyl (C=O) groups excluding carboxylic acids is 2. The van der Waals surface area contributed by atoms with E-state index in [0.29, 0.717) is 0 Å². The van der Waals surface area contributed by atoms with E-state index in [4.69, 9.17) is 20.9 Å². The lowest BCUT2D eigenvalue weighted by Gasteiger charge is -2.39. The van der Waals surface area contributed by atoms with Crippen molar-refractivity contribution in [3.63, 3.8) is 0 Å². The van der Waals surface area contributed by atoms with Crippen LogP contribution in [0.1, 0.15) is 13.3 Å². The summed E-state index contributed by atoms with van der Waals surface area (Å²) in [5.74, 6) is -1.63. The van der Waals surface area contributed by atoms with Crippen molar-refractivity contribution in [3.8, 4) is 0 Å². The van der Waals surface area contributed by atoms with E-state index in [1.54, 1.807) is 0 Å². The van der Waals surface area contributed by atoms with Gasteiger partial charge in [-0.25, -0.2) is 0 Å². The average Bonchev–Trinajstić information content (AvgIpc) is 2.28. The largest absolute Gasteiger partial charge is 0.387 e. The predicted octanol–water partition coefficient (Wildman–Crippen LogP) is -3.44. The first kappa shape index (κ1) is 15.8. The van der Waals surface area contributed by atoms with Crippen molar-refractivity contribution in [2.24, 2.45) is 11.5 Å². The highest BCUT2D eigenvalue weighted by atomic mass is 16.7. The van der Waals surface area contributed by atoms with Gasteiger partial charge in [-0.15, -0.1) is 0 Å². The van der Waals surface area contributed by atoms with Gasteiger partial charge in [0.15, 0.2) is 12.4 Å². The fourth-order valence-electron chi connectivity index (χ4n) is 1.76. The highest BCUT2D eigenvalue weighted by molar-refractivity contribution is 5.79. The Labute approximate surface area is 109 Å². The number of ether oxygens (including phenoxy) is 2. The second kappa shape index (κ2) is 6.26. The van der Waals surface area contributed by atoms with Crippen LogP contribution in [0.5, 0.6) is 0 Å². The second-order valence-corrected chi connectivity index (χ2v) is 4.42. The fourth-order valence-corrected chi connectivity index (χ4v) is 1.76. The first-order valence-electron chi connectivity index (χ1n) is 5.66. The average molecular weight is 278 g/mol. The molecular weight excluding hydrogens is 260 g/mol. The molecule has 0 aliphatic carbocycles. The van der Waals surface area contributed by atoms with E-state index in [0.717, 1.165) is 0 Å². The van der Waals surface area contributed by atoms with Crippen LogP contribution < -0.4 is 11.5 Å². The lowest BCUT2D eigenvalue weighted by atomic mass is 9.98. The van der Waals surface area contributed by atoms with Crippen LogP contribution in [0.15, 0.2) is 0 Å². The van der Waals surface area contributed by atoms with Crippen molar-refractivity contribution in [2.75, 3.05) is 0 Å². The molecule has 0 radical (unpaired) electrons. The van der Waals surface area contributed by atoms with Crippen LogP contribution in [0.4, 0.5) is 0 Å². The highest BCUT2D eigenvalue weighted by Crippen LogP contribution is 2.23. The third-order valence-corrected chi connectivity index (χ3v) is 2.71. The Hall–Kier alpha value is -1.26. The molecule has 0 aromatic carbocycles. The van der Waals surface area contributed by atoms with Gasteiger partial charge in [0.2, 0.25) is 11.8 Å². The molecule has 0 spiro atoms. The van der Waals surface area contributed by atoms with Crippen LogP contribution in [-0.2, 0) is 19.1 Å². The summed E-state index contributed by atoms with van der Waals surface area (Å²) in [4.78, 5) is 21.7. The molecule has 2 amide bonds. The molecule has 1 heterocycles. The summed E-state index contributed by atoms with van der Waals surface area (Å²) in [5, 5.41) is 28.7. The third-order valence-electron chi connectivity index (χ3n) is 2.71. The highest BCUT2D eigenvalue weighted by Gasteiger charge is 2.47. The van der Waals surface area contributed by atoms with E-state index in [-0.39, 0.29) is 6.42 Å². The Balaban J connectivity index is 2.71. The maximum absolute atomic E-state index is 11.0. The van der Waals surface area contributed by atoms with Crippen molar-refractivity contribution in [1.29, 1.82) is 0 Å². The number of primary amides is 2. The smallest absolute Gasteiger partial charge is 0.249 e. The minimum Gasteiger partial charge on any atom is -0.387 e. The topological polar surface area (TPSA) is 165 Å². The number of rotatable bonds is 5. The van der Waals surface area contributed by atoms with Crippen LogP contribution in [0, 0.1) is 0 Å². The van der Waals surface area contributed by atoms with Gasteiger partial charge in [0.05, 0.1) is 12.5 Å². The quantitative estimate of drug-likeness (QED) is 0.349. The van der Waals surface area contributed by atoms with Gasteiger partial charge in [-0.1, -0.05) is 0 Å². The molecule has 4 unspecified atom stereocenters. The van der Waals surface area contributed by atoms with Gasteiger partial charge in [-0.3, -0.25) is 9.59 Å². The molecule has 9 heteroatoms. The molecule has 1 aliphatic rings. The number of hydrogen-bond acceptors (Lipinski definition) is 7. The minimum atomic E-state index is -1.66. The number of nitrogens with two attached hydrogens (primary N) is 2. The maximum Gasteiger partial charge on any atom is 0.249 e. The third kappa shape index (κ3) is 3.85. The Kier molecular flexibility index (Phi) is 5.20. The van der Waals surface area contributed by atoms with Crippen molar-refractivity contribution >= 4 is 11.8 Å². The molecule has 0 saturated carbocycles. The summed E-state index contributed by atoms with van der Waals surface area (Å²) in [5.41, 5.74) is 9.96. The monoisotopic (exact) mass is 278 g/mol. The first-order valence-corrected chi connectivity index (χ1v) is 5.66. The van der Waals surface area contributed by atoms with Crippen LogP contribution in [0.25, 0.3) is 0 Å². The van der Waals surface area contributed by atoms with E-state index in [2.05, 4.69) is 0 Å². The number of carbonyl (C=O) groups is 2. The molecule has 1 rings (SSSR count). The zero-order valence-corrected chi connectivity index (χ0v) is 10.3. The van der Waals surface area contributed by atoms with Crippen molar-refractivity contribution in [3.05, 3.63) is 0 Å². The molecule has 6 atom stereocenters. The van der Waals surface area contributed by atoms with Gasteiger partial charge in [-0.2, -0.15) is 0 Å². The Morgan fingerprint density at radius 3 is 2.26 bits per heavy atom. The van der Waals surface area contributed by atoms with Crippen LogP contribution in [0.3, 0.4) is 0 Å². The van der Waals surface area contributed by atoms with Crippen molar-refractivity contribution < 1.29 is 34.4 Å². The molecule has 1 aliphatic heterocycles. The predicted molar refractivity (Wildman–Crippen MR) is 60.2 cm³/mol. The number of aliphatic hydroxyl groups excluding tert-OH is 3. The molecule has 0 aromatic heterocycles. The second-order valence-electron chi connectivity index (χ2n) is 4.42. The SMILES string of the molecule is CC(CC(N)=O)O[C@@H]1OC(C(N)=O)[C@@H](O)C(O)C1O. The lowest BCUT2D eigenvalue weighted by Crippen LogP contribution is -2.61. The molecule has 19 heavy (non-hydrogen) atoms. The number of hydrogen-bond donors (Lipinski definition) is 5. The van der Waals surface area contributed by atoms with Crippen molar-refractivity contribution in [1.82, 2.24) is 0 Å². The molecule has 1 saturated heterocycles. The summed E-state index contributed by atoms with van der Waals surface area (Å²) >= 11 is 0. The first-order chi connectivity index (χ1) is 8.73. The van der Waals surface area contributed by atoms with Crippen molar-refractivity contribution in [2.45, 2.75) is 50.2 Å². The van der Waals surface area contributed by atoms with E-state index in [1.807, 2.05) is 0 Å². The van der Waals surface area contributed by atoms with Gasteiger partial charge < -0.3 is 36.3 Å². The summed E-state index contributed by atoms with van der Waals surface area (Å²) in [6, 6.07) is 0. The van der Waals surface area contributed by atoms with Gasteiger partial charge in [0, 0.05) is 0 Å². The zero-order valence-electron chi connectivity index (χ0n) is 10.3. The summed E-state index contributed by atoms with van der Waals surface area (Å²) in [6.45, 7) is 1.50. The number of amides is 2. The molecular formula is C10H18N2O7. The Bertz CT molecular complexity index is 351. The molecule has 7 N–H and O–H groups in total. The standard InChI is InChI=1S/C10H18N2O7/c1-3(2-4(11)13)18-10-7(16)5(14)6(15)8(19-10)9(12)17/h3,5-8,10,14-16H,2H2,1H3,(H2,11,13)(H2,12,17)/t3?,5?,6-,7?,8?,10+/m0/s1. The Morgan fingerprint density at radius 2 is 1.79 bits per heavy atom. The van der Waals surface area contributed by atoms with Crippen LogP contribution in [-0.4, -0.2) is 63.9 Å². The molecule has 1 fully saturated rings. The molecule has 0 aromatic rings. The number of aliphatic hydroxyl groups is 3. The van der Waals surface area contributed by atoms with Gasteiger partial charge >= 0.3 is 0 Å². The van der Waals surface area contributed by atoms with Gasteiger partial charge in [0.25, 0.3) is 0 Å². The summed E-state index contributed by atoms with van der Waals surface area (Å²) < 4.78 is 10.1. The fraction of sp³-hybridized carbons (Fsp3) is 0.800. The van der Waals surface area contributed by atoms with E-state index >= 15 is 0 Å². The molecule has 0 bridgehead atoms. The van der Waals surface area contributed by atoms with Gasteiger partial charge in [0.1, 0.15) is 18.3 Å². The van der Waals surface area contributed by atoms with Gasteiger partial charge in [-0.05, 0) is 6.92 Å². The molecule has 110 valence electrons. The van der Waals surface area contributed by atoms with Crippen LogP contribution in [0.2, 0.25) is 0 Å². The zero-order chi connectivity index (χ0) is 14.7. The summed E-state index contributed by atoms with van der Waals surface area (Å²) in [6.07, 6.45) is -8.63. The summed E-state index contributed by atoms with van der Waals surface area (Å²) in [7, 11) is 0. The normalized spacial score (nSPS) is 36.7. The van der Waals surface area contributed by atoms with Crippen LogP contribution >= 0.6 is 0 Å². The Morgan fingerprint density at radius 1 is 1.21 bits per heavy atom.